The lowest BCUT2D eigenvalue weighted by Gasteiger charge is -2.41. The van der Waals surface area contributed by atoms with E-state index in [9.17, 15) is 0 Å². The van der Waals surface area contributed by atoms with E-state index in [2.05, 4.69) is 47.3 Å². The lowest BCUT2D eigenvalue weighted by Crippen LogP contribution is -2.57. The average Bonchev–Trinajstić information content (AvgIpc) is 2.65. The van der Waals surface area contributed by atoms with Crippen LogP contribution < -0.4 is 5.32 Å². The molecular weight excluding hydrogens is 310 g/mol. The molecule has 0 aromatic carbocycles. The number of nitrogens with zero attached hydrogens (tertiary/aromatic N) is 5. The fourth-order valence-corrected chi connectivity index (χ4v) is 3.99. The molecule has 2 saturated heterocycles. The Kier molecular flexibility index (Phi) is 9.71. The van der Waals surface area contributed by atoms with Crippen LogP contribution >= 0.6 is 0 Å². The molecule has 2 heterocycles. The summed E-state index contributed by atoms with van der Waals surface area (Å²) in [5.41, 5.74) is 0. The van der Waals surface area contributed by atoms with Crippen molar-refractivity contribution in [3.8, 4) is 0 Å². The molecule has 2 unspecified atom stereocenters. The van der Waals surface area contributed by atoms with Crippen LogP contribution in [0.15, 0.2) is 0 Å². The predicted octanol–water partition coefficient (Wildman–Crippen LogP) is 2.12. The zero-order valence-electron chi connectivity index (χ0n) is 17.3. The standard InChI is InChI=1S/C20H42N5/c1-5-7-9-22-11-15-24(16-12-22)19(3)21-20(4)25-17-13-23(14-18-25)10-8-6-2/h19-20H,5-18H2,1-4H3. The summed E-state index contributed by atoms with van der Waals surface area (Å²) < 4.78 is 0. The highest BCUT2D eigenvalue weighted by Crippen LogP contribution is 2.11. The maximum Gasteiger partial charge on any atom is 0.0751 e. The van der Waals surface area contributed by atoms with Gasteiger partial charge in [-0.25, -0.2) is 5.32 Å². The van der Waals surface area contributed by atoms with Gasteiger partial charge in [-0.2, -0.15) is 0 Å². The maximum atomic E-state index is 5.11. The Morgan fingerprint density at radius 1 is 0.640 bits per heavy atom. The molecule has 0 aliphatic carbocycles. The molecule has 2 atom stereocenters. The minimum atomic E-state index is 0.349. The summed E-state index contributed by atoms with van der Waals surface area (Å²) in [4.78, 5) is 10.4. The second-order valence-corrected chi connectivity index (χ2v) is 7.88. The number of hydrogen-bond donors (Lipinski definition) is 0. The van der Waals surface area contributed by atoms with Crippen molar-refractivity contribution >= 4 is 0 Å². The van der Waals surface area contributed by atoms with E-state index >= 15 is 0 Å². The van der Waals surface area contributed by atoms with Crippen LogP contribution in [0.4, 0.5) is 0 Å². The normalized spacial score (nSPS) is 24.5. The van der Waals surface area contributed by atoms with Crippen molar-refractivity contribution in [1.82, 2.24) is 24.9 Å². The monoisotopic (exact) mass is 352 g/mol. The highest BCUT2D eigenvalue weighted by Gasteiger charge is 2.26. The molecule has 0 amide bonds. The third-order valence-corrected chi connectivity index (χ3v) is 5.96. The zero-order valence-corrected chi connectivity index (χ0v) is 17.3. The molecule has 0 spiro atoms. The number of piperazine rings is 2. The van der Waals surface area contributed by atoms with Crippen molar-refractivity contribution < 1.29 is 0 Å². The second-order valence-electron chi connectivity index (χ2n) is 7.88. The molecule has 2 fully saturated rings. The molecule has 5 nitrogen and oxygen atoms in total. The molecule has 1 radical (unpaired) electrons. The van der Waals surface area contributed by atoms with E-state index < -0.39 is 0 Å². The molecule has 0 N–H and O–H groups in total. The highest BCUT2D eigenvalue weighted by atomic mass is 15.4. The molecule has 25 heavy (non-hydrogen) atoms. The molecule has 0 bridgehead atoms. The van der Waals surface area contributed by atoms with E-state index in [-0.39, 0.29) is 0 Å². The van der Waals surface area contributed by atoms with Crippen LogP contribution in [0, 0.1) is 0 Å². The fourth-order valence-electron chi connectivity index (χ4n) is 3.99. The molecule has 147 valence electrons. The molecule has 0 aromatic heterocycles. The van der Waals surface area contributed by atoms with E-state index in [0.29, 0.717) is 12.3 Å². The molecule has 2 aliphatic rings. The topological polar surface area (TPSA) is 27.1 Å². The second kappa shape index (κ2) is 11.5. The van der Waals surface area contributed by atoms with Crippen molar-refractivity contribution in [1.29, 1.82) is 0 Å². The fraction of sp³-hybridized carbons (Fsp3) is 1.00. The van der Waals surface area contributed by atoms with E-state index in [1.807, 2.05) is 0 Å². The first kappa shape index (κ1) is 21.1. The van der Waals surface area contributed by atoms with Gasteiger partial charge in [0.1, 0.15) is 0 Å². The Morgan fingerprint density at radius 3 is 1.32 bits per heavy atom. The summed E-state index contributed by atoms with van der Waals surface area (Å²) in [6, 6.07) is 0. The minimum absolute atomic E-state index is 0.349. The molecule has 2 aliphatic heterocycles. The number of hydrogen-bond acceptors (Lipinski definition) is 4. The van der Waals surface area contributed by atoms with Crippen LogP contribution in [0.3, 0.4) is 0 Å². The van der Waals surface area contributed by atoms with Gasteiger partial charge >= 0.3 is 0 Å². The van der Waals surface area contributed by atoms with Gasteiger partial charge in [0.05, 0.1) is 12.3 Å². The van der Waals surface area contributed by atoms with Crippen LogP contribution in [0.1, 0.15) is 53.4 Å². The van der Waals surface area contributed by atoms with Gasteiger partial charge in [-0.15, -0.1) is 0 Å². The zero-order chi connectivity index (χ0) is 18.1. The third kappa shape index (κ3) is 7.14. The Labute approximate surface area is 156 Å². The van der Waals surface area contributed by atoms with E-state index in [1.54, 1.807) is 0 Å². The number of unbranched alkanes of at least 4 members (excludes halogenated alkanes) is 2. The summed E-state index contributed by atoms with van der Waals surface area (Å²) >= 11 is 0. The Balaban J connectivity index is 1.64. The van der Waals surface area contributed by atoms with E-state index in [1.165, 1.54) is 91.1 Å². The van der Waals surface area contributed by atoms with E-state index in [4.69, 9.17) is 5.32 Å². The van der Waals surface area contributed by atoms with Crippen molar-refractivity contribution in [3.05, 3.63) is 0 Å². The number of rotatable bonds is 10. The van der Waals surface area contributed by atoms with Crippen LogP contribution in [0.5, 0.6) is 0 Å². The smallest absolute Gasteiger partial charge is 0.0751 e. The van der Waals surface area contributed by atoms with Gasteiger partial charge in [-0.1, -0.05) is 26.7 Å². The van der Waals surface area contributed by atoms with Gasteiger partial charge in [-0.3, -0.25) is 9.80 Å². The lowest BCUT2D eigenvalue weighted by atomic mass is 10.2. The van der Waals surface area contributed by atoms with Crippen LogP contribution in [-0.2, 0) is 0 Å². The average molecular weight is 353 g/mol. The van der Waals surface area contributed by atoms with Crippen molar-refractivity contribution in [2.75, 3.05) is 65.4 Å². The summed E-state index contributed by atoms with van der Waals surface area (Å²) in [6.45, 7) is 21.2. The molecular formula is C20H42N5. The highest BCUT2D eigenvalue weighted by molar-refractivity contribution is 4.79. The summed E-state index contributed by atoms with van der Waals surface area (Å²) in [5, 5.41) is 5.11. The Morgan fingerprint density at radius 2 is 1.00 bits per heavy atom. The predicted molar refractivity (Wildman–Crippen MR) is 107 cm³/mol. The van der Waals surface area contributed by atoms with Gasteiger partial charge in [0.25, 0.3) is 0 Å². The summed E-state index contributed by atoms with van der Waals surface area (Å²) in [7, 11) is 0. The van der Waals surface area contributed by atoms with Crippen LogP contribution in [0.2, 0.25) is 0 Å². The van der Waals surface area contributed by atoms with Gasteiger partial charge in [0, 0.05) is 52.4 Å². The third-order valence-electron chi connectivity index (χ3n) is 5.96. The van der Waals surface area contributed by atoms with Crippen LogP contribution in [-0.4, -0.2) is 97.4 Å². The maximum absolute atomic E-state index is 5.11. The van der Waals surface area contributed by atoms with E-state index in [0.717, 1.165) is 0 Å². The van der Waals surface area contributed by atoms with Gasteiger partial charge in [0.2, 0.25) is 0 Å². The van der Waals surface area contributed by atoms with Gasteiger partial charge in [-0.05, 0) is 39.8 Å². The first-order valence-electron chi connectivity index (χ1n) is 10.8. The van der Waals surface area contributed by atoms with Crippen molar-refractivity contribution in [2.45, 2.75) is 65.7 Å². The van der Waals surface area contributed by atoms with Crippen molar-refractivity contribution in [2.24, 2.45) is 0 Å². The molecule has 0 saturated carbocycles. The lowest BCUT2D eigenvalue weighted by molar-refractivity contribution is 0.0393. The minimum Gasteiger partial charge on any atom is -0.301 e. The first-order valence-corrected chi connectivity index (χ1v) is 10.8. The Bertz CT molecular complexity index is 303. The van der Waals surface area contributed by atoms with Crippen molar-refractivity contribution in [3.63, 3.8) is 0 Å². The molecule has 0 aromatic rings. The summed E-state index contributed by atoms with van der Waals surface area (Å²) in [5.74, 6) is 0. The quantitative estimate of drug-likeness (QED) is 0.602. The first-order chi connectivity index (χ1) is 12.1. The molecule has 5 heteroatoms. The molecule has 2 rings (SSSR count). The Hall–Kier alpha value is -0.200. The van der Waals surface area contributed by atoms with Gasteiger partial charge < -0.3 is 9.80 Å². The van der Waals surface area contributed by atoms with Crippen LogP contribution in [0.25, 0.3) is 0 Å². The summed E-state index contributed by atoms with van der Waals surface area (Å²) in [6.07, 6.45) is 5.97. The van der Waals surface area contributed by atoms with Gasteiger partial charge in [0.15, 0.2) is 0 Å². The largest absolute Gasteiger partial charge is 0.301 e. The SMILES string of the molecule is CCCCN1CCN(C(C)[N]C(C)N2CCN(CCCC)CC2)CC1.